The number of carbonyl (C=O) groups is 1. The van der Waals surface area contributed by atoms with E-state index in [0.29, 0.717) is 16.9 Å². The number of benzene rings is 1. The number of carbonyl (C=O) groups excluding carboxylic acids is 1. The van der Waals surface area contributed by atoms with Crippen molar-refractivity contribution in [1.29, 1.82) is 0 Å². The molecule has 1 aliphatic carbocycles. The van der Waals surface area contributed by atoms with Crippen LogP contribution in [0, 0.1) is 11.2 Å². The largest absolute Gasteiger partial charge is 0.453 e. The van der Waals surface area contributed by atoms with E-state index in [9.17, 15) is 9.18 Å². The standard InChI is InChI=1S/C32H35FN6O2S/c33-24-17-23(38-31(40)37-22-2-3-22)4-6-27(24)41-28-7-12-35-26-18-29(42-30(26)28)25-5-1-21(19-36-25)20-39-15-10-32(11-16-39)8-13-34-14-9-32/h1,4-7,12,17-19,22,34H,2-3,8-11,13-16,20H2,(H2,37,38,40). The van der Waals surface area contributed by atoms with Crippen LogP contribution in [0.4, 0.5) is 14.9 Å². The van der Waals surface area contributed by atoms with Gasteiger partial charge in [0.25, 0.3) is 0 Å². The van der Waals surface area contributed by atoms with Crippen molar-refractivity contribution >= 4 is 33.3 Å². The summed E-state index contributed by atoms with van der Waals surface area (Å²) >= 11 is 1.53. The number of thiophene rings is 1. The van der Waals surface area contributed by atoms with Gasteiger partial charge in [-0.25, -0.2) is 9.18 Å². The van der Waals surface area contributed by atoms with Gasteiger partial charge in [-0.2, -0.15) is 0 Å². The van der Waals surface area contributed by atoms with Crippen molar-refractivity contribution in [2.24, 2.45) is 5.41 Å². The Hall–Kier alpha value is -3.60. The smallest absolute Gasteiger partial charge is 0.319 e. The Balaban J connectivity index is 1.01. The Morgan fingerprint density at radius 1 is 1.05 bits per heavy atom. The topological polar surface area (TPSA) is 91.4 Å². The number of piperidine rings is 2. The predicted octanol–water partition coefficient (Wildman–Crippen LogP) is 6.54. The van der Waals surface area contributed by atoms with Crippen molar-refractivity contribution in [3.63, 3.8) is 0 Å². The van der Waals surface area contributed by atoms with Crippen molar-refractivity contribution in [2.45, 2.75) is 51.1 Å². The fourth-order valence-electron chi connectivity index (χ4n) is 6.05. The molecule has 8 nitrogen and oxygen atoms in total. The van der Waals surface area contributed by atoms with Crippen molar-refractivity contribution in [3.05, 3.63) is 66.2 Å². The van der Waals surface area contributed by atoms with Crippen LogP contribution in [0.5, 0.6) is 11.5 Å². The van der Waals surface area contributed by atoms with Crippen LogP contribution in [0.1, 0.15) is 44.1 Å². The second-order valence-electron chi connectivity index (χ2n) is 11.8. The maximum Gasteiger partial charge on any atom is 0.319 e. The van der Waals surface area contributed by atoms with E-state index in [1.165, 1.54) is 54.7 Å². The molecule has 0 radical (unpaired) electrons. The van der Waals surface area contributed by atoms with Gasteiger partial charge in [-0.1, -0.05) is 6.07 Å². The summed E-state index contributed by atoms with van der Waals surface area (Å²) in [7, 11) is 0. The molecule has 2 amide bonds. The second kappa shape index (κ2) is 11.6. The molecular formula is C32H35FN6O2S. The molecule has 3 aromatic heterocycles. The van der Waals surface area contributed by atoms with Gasteiger partial charge in [-0.05, 0) is 99.9 Å². The Bertz CT molecular complexity index is 1570. The molecule has 0 unspecified atom stereocenters. The van der Waals surface area contributed by atoms with E-state index in [1.807, 2.05) is 12.3 Å². The van der Waals surface area contributed by atoms with Gasteiger partial charge in [0.2, 0.25) is 0 Å². The summed E-state index contributed by atoms with van der Waals surface area (Å²) in [6.45, 7) is 5.56. The zero-order valence-corrected chi connectivity index (χ0v) is 24.3. The Morgan fingerprint density at radius 2 is 1.88 bits per heavy atom. The van der Waals surface area contributed by atoms with Gasteiger partial charge in [0.15, 0.2) is 11.6 Å². The maximum atomic E-state index is 14.9. The lowest BCUT2D eigenvalue weighted by atomic mass is 9.71. The molecular weight excluding hydrogens is 551 g/mol. The van der Waals surface area contributed by atoms with Crippen LogP contribution < -0.4 is 20.7 Å². The minimum Gasteiger partial charge on any atom is -0.453 e. The van der Waals surface area contributed by atoms with E-state index in [1.54, 1.807) is 18.3 Å². The number of nitrogens with zero attached hydrogens (tertiary/aromatic N) is 3. The molecule has 1 aromatic carbocycles. The van der Waals surface area contributed by atoms with Gasteiger partial charge in [0, 0.05) is 42.8 Å². The van der Waals surface area contributed by atoms with Gasteiger partial charge in [-0.3, -0.25) is 14.9 Å². The summed E-state index contributed by atoms with van der Waals surface area (Å²) in [5, 5.41) is 9.00. The molecule has 4 aromatic rings. The summed E-state index contributed by atoms with van der Waals surface area (Å²) in [6, 6.07) is 12.3. The fourth-order valence-corrected chi connectivity index (χ4v) is 7.09. The van der Waals surface area contributed by atoms with E-state index in [0.717, 1.165) is 66.4 Å². The van der Waals surface area contributed by atoms with Crippen LogP contribution in [0.2, 0.25) is 0 Å². The molecule has 1 saturated carbocycles. The Labute approximate surface area is 248 Å². The second-order valence-corrected chi connectivity index (χ2v) is 12.9. The van der Waals surface area contributed by atoms with Gasteiger partial charge in [0.05, 0.1) is 20.8 Å². The minimum atomic E-state index is -0.558. The quantitative estimate of drug-likeness (QED) is 0.228. The Kier molecular flexibility index (Phi) is 7.52. The molecule has 3 fully saturated rings. The summed E-state index contributed by atoms with van der Waals surface area (Å²) in [4.78, 5) is 24.8. The number of ether oxygens (including phenoxy) is 1. The monoisotopic (exact) mass is 586 g/mol. The molecule has 2 aliphatic heterocycles. The van der Waals surface area contributed by atoms with E-state index in [4.69, 9.17) is 9.72 Å². The first kappa shape index (κ1) is 27.2. The molecule has 218 valence electrons. The number of likely N-dealkylation sites (tertiary alicyclic amines) is 1. The predicted molar refractivity (Wildman–Crippen MR) is 164 cm³/mol. The third-order valence-corrected chi connectivity index (χ3v) is 9.92. The average molecular weight is 587 g/mol. The highest BCUT2D eigenvalue weighted by molar-refractivity contribution is 7.22. The molecule has 42 heavy (non-hydrogen) atoms. The maximum absolute atomic E-state index is 14.9. The first-order valence-electron chi connectivity index (χ1n) is 14.8. The average Bonchev–Trinajstić information content (AvgIpc) is 3.70. The first-order chi connectivity index (χ1) is 20.5. The fraction of sp³-hybridized carbons (Fsp3) is 0.406. The molecule has 5 heterocycles. The van der Waals surface area contributed by atoms with Gasteiger partial charge >= 0.3 is 6.03 Å². The van der Waals surface area contributed by atoms with Crippen molar-refractivity contribution in [2.75, 3.05) is 31.5 Å². The number of urea groups is 1. The summed E-state index contributed by atoms with van der Waals surface area (Å²) < 4.78 is 21.7. The molecule has 2 saturated heterocycles. The molecule has 7 rings (SSSR count). The zero-order valence-electron chi connectivity index (χ0n) is 23.5. The van der Waals surface area contributed by atoms with Crippen LogP contribution in [-0.2, 0) is 6.54 Å². The van der Waals surface area contributed by atoms with Crippen LogP contribution >= 0.6 is 11.3 Å². The minimum absolute atomic E-state index is 0.0804. The van der Waals surface area contributed by atoms with Crippen LogP contribution in [0.25, 0.3) is 20.8 Å². The summed E-state index contributed by atoms with van der Waals surface area (Å²) in [5.74, 6) is 0.0466. The number of pyridine rings is 2. The number of hydrogen-bond donors (Lipinski definition) is 3. The number of aromatic nitrogens is 2. The Morgan fingerprint density at radius 3 is 2.62 bits per heavy atom. The third kappa shape index (κ3) is 6.11. The van der Waals surface area contributed by atoms with Crippen molar-refractivity contribution < 1.29 is 13.9 Å². The normalized spacial score (nSPS) is 18.7. The van der Waals surface area contributed by atoms with Crippen molar-refractivity contribution in [3.8, 4) is 22.1 Å². The lowest BCUT2D eigenvalue weighted by Gasteiger charge is -2.44. The lowest BCUT2D eigenvalue weighted by Crippen LogP contribution is -2.45. The van der Waals surface area contributed by atoms with Gasteiger partial charge in [0.1, 0.15) is 5.75 Å². The number of nitrogens with one attached hydrogen (secondary N) is 3. The summed E-state index contributed by atoms with van der Waals surface area (Å²) in [6.07, 6.45) is 10.8. The third-order valence-electron chi connectivity index (χ3n) is 8.76. The number of fused-ring (bicyclic) bond motifs is 1. The number of amides is 2. The van der Waals surface area contributed by atoms with E-state index >= 15 is 0 Å². The first-order valence-corrected chi connectivity index (χ1v) is 15.7. The highest BCUT2D eigenvalue weighted by atomic mass is 32.1. The van der Waals surface area contributed by atoms with E-state index in [2.05, 4.69) is 38.0 Å². The highest BCUT2D eigenvalue weighted by Crippen LogP contribution is 2.41. The highest BCUT2D eigenvalue weighted by Gasteiger charge is 2.35. The van der Waals surface area contributed by atoms with Crippen LogP contribution in [-0.4, -0.2) is 53.1 Å². The molecule has 10 heteroatoms. The molecule has 3 aliphatic rings. The zero-order chi connectivity index (χ0) is 28.5. The van der Waals surface area contributed by atoms with Crippen LogP contribution in [0.3, 0.4) is 0 Å². The van der Waals surface area contributed by atoms with Gasteiger partial charge in [-0.15, -0.1) is 11.3 Å². The van der Waals surface area contributed by atoms with Crippen LogP contribution in [0.15, 0.2) is 54.9 Å². The van der Waals surface area contributed by atoms with E-state index in [-0.39, 0.29) is 17.8 Å². The molecule has 1 spiro atoms. The number of anilines is 1. The van der Waals surface area contributed by atoms with E-state index < -0.39 is 5.82 Å². The molecule has 0 atom stereocenters. The lowest BCUT2D eigenvalue weighted by molar-refractivity contribution is 0.0701. The number of halogens is 1. The van der Waals surface area contributed by atoms with Gasteiger partial charge < -0.3 is 20.7 Å². The molecule has 0 bridgehead atoms. The number of rotatable bonds is 7. The number of hydrogen-bond acceptors (Lipinski definition) is 7. The summed E-state index contributed by atoms with van der Waals surface area (Å²) in [5.41, 5.74) is 3.81. The van der Waals surface area contributed by atoms with Crippen molar-refractivity contribution in [1.82, 2.24) is 25.5 Å². The molecule has 3 N–H and O–H groups in total. The SMILES string of the molecule is O=C(Nc1ccc(Oc2ccnc3cc(-c4ccc(CN5CCC6(CCNCC6)CC5)cn4)sc23)c(F)c1)NC1CC1.